The lowest BCUT2D eigenvalue weighted by Gasteiger charge is -2.06. The van der Waals surface area contributed by atoms with Crippen LogP contribution in [0.25, 0.3) is 0 Å². The fourth-order valence-corrected chi connectivity index (χ4v) is 2.49. The molecule has 1 heterocycles. The molecule has 0 unspecified atom stereocenters. The normalized spacial score (nSPS) is 10.6. The Morgan fingerprint density at radius 1 is 1.38 bits per heavy atom. The van der Waals surface area contributed by atoms with Gasteiger partial charge in [-0.05, 0) is 23.8 Å². The van der Waals surface area contributed by atoms with Crippen LogP contribution in [0.1, 0.15) is 10.6 Å². The van der Waals surface area contributed by atoms with Gasteiger partial charge in [0.25, 0.3) is 0 Å². The predicted molar refractivity (Wildman–Crippen MR) is 71.8 cm³/mol. The molecule has 0 saturated heterocycles. The molecule has 16 heavy (non-hydrogen) atoms. The van der Waals surface area contributed by atoms with Gasteiger partial charge in [0.05, 0.1) is 0 Å². The van der Waals surface area contributed by atoms with Crippen molar-refractivity contribution in [2.45, 2.75) is 13.1 Å². The van der Waals surface area contributed by atoms with Gasteiger partial charge in [0.1, 0.15) is 5.01 Å². The summed E-state index contributed by atoms with van der Waals surface area (Å²) in [5.41, 5.74) is 1.16. The molecule has 0 bridgehead atoms. The van der Waals surface area contributed by atoms with Crippen molar-refractivity contribution in [2.75, 3.05) is 0 Å². The zero-order valence-corrected chi connectivity index (χ0v) is 11.6. The summed E-state index contributed by atoms with van der Waals surface area (Å²) < 4.78 is 1.07. The van der Waals surface area contributed by atoms with Crippen LogP contribution in [0.3, 0.4) is 0 Å². The number of nitrogens with zero attached hydrogens (tertiary/aromatic N) is 1. The SMILES string of the molecule is Clc1ccc(Br)c(CNCc2nccs2)c1. The lowest BCUT2D eigenvalue weighted by molar-refractivity contribution is 0.688. The van der Waals surface area contributed by atoms with Crippen LogP contribution >= 0.6 is 38.9 Å². The predicted octanol–water partition coefficient (Wildman–Crippen LogP) is 3.85. The molecule has 1 aromatic carbocycles. The molecule has 2 nitrogen and oxygen atoms in total. The van der Waals surface area contributed by atoms with Crippen molar-refractivity contribution in [3.63, 3.8) is 0 Å². The van der Waals surface area contributed by atoms with Gasteiger partial charge in [0.15, 0.2) is 0 Å². The van der Waals surface area contributed by atoms with Gasteiger partial charge in [0.2, 0.25) is 0 Å². The third-order valence-corrected chi connectivity index (χ3v) is 3.87. The number of rotatable bonds is 4. The molecule has 5 heteroatoms. The Morgan fingerprint density at radius 2 is 2.25 bits per heavy atom. The molecule has 0 aliphatic carbocycles. The Kier molecular flexibility index (Phi) is 4.35. The van der Waals surface area contributed by atoms with Crippen LogP contribution in [-0.2, 0) is 13.1 Å². The Balaban J connectivity index is 1.92. The van der Waals surface area contributed by atoms with Crippen molar-refractivity contribution in [3.05, 3.63) is 49.8 Å². The van der Waals surface area contributed by atoms with Crippen molar-refractivity contribution in [3.8, 4) is 0 Å². The van der Waals surface area contributed by atoms with Crippen LogP contribution in [0, 0.1) is 0 Å². The molecule has 0 aliphatic rings. The monoisotopic (exact) mass is 316 g/mol. The molecule has 1 aromatic heterocycles. The van der Waals surface area contributed by atoms with Crippen molar-refractivity contribution in [2.24, 2.45) is 0 Å². The summed E-state index contributed by atoms with van der Waals surface area (Å²) in [6, 6.07) is 5.79. The van der Waals surface area contributed by atoms with E-state index in [0.717, 1.165) is 33.2 Å². The molecule has 0 fully saturated rings. The Bertz CT molecular complexity index is 459. The van der Waals surface area contributed by atoms with E-state index in [0.29, 0.717) is 0 Å². The molecule has 2 aromatic rings. The van der Waals surface area contributed by atoms with Crippen LogP contribution < -0.4 is 5.32 Å². The maximum atomic E-state index is 5.94. The Morgan fingerprint density at radius 3 is 3.00 bits per heavy atom. The van der Waals surface area contributed by atoms with E-state index in [1.54, 1.807) is 11.3 Å². The molecule has 1 N–H and O–H groups in total. The van der Waals surface area contributed by atoms with E-state index < -0.39 is 0 Å². The topological polar surface area (TPSA) is 24.9 Å². The van der Waals surface area contributed by atoms with Crippen molar-refractivity contribution in [1.82, 2.24) is 10.3 Å². The van der Waals surface area contributed by atoms with Crippen LogP contribution in [0.15, 0.2) is 34.2 Å². The number of aromatic nitrogens is 1. The number of halogens is 2. The van der Waals surface area contributed by atoms with E-state index in [4.69, 9.17) is 11.6 Å². The smallest absolute Gasteiger partial charge is 0.106 e. The summed E-state index contributed by atoms with van der Waals surface area (Å²) in [6.45, 7) is 1.57. The Hall–Kier alpha value is -0.420. The highest BCUT2D eigenvalue weighted by molar-refractivity contribution is 9.10. The second-order valence-corrected chi connectivity index (χ2v) is 5.54. The fraction of sp³-hybridized carbons (Fsp3) is 0.182. The molecule has 0 saturated carbocycles. The third-order valence-electron chi connectivity index (χ3n) is 2.08. The number of hydrogen-bond donors (Lipinski definition) is 1. The zero-order chi connectivity index (χ0) is 11.4. The maximum absolute atomic E-state index is 5.94. The van der Waals surface area contributed by atoms with Gasteiger partial charge >= 0.3 is 0 Å². The zero-order valence-electron chi connectivity index (χ0n) is 8.41. The molecular weight excluding hydrogens is 308 g/mol. The summed E-state index contributed by atoms with van der Waals surface area (Å²) in [7, 11) is 0. The summed E-state index contributed by atoms with van der Waals surface area (Å²) in [5, 5.41) is 7.16. The molecule has 84 valence electrons. The minimum atomic E-state index is 0.759. The van der Waals surface area contributed by atoms with E-state index in [1.807, 2.05) is 29.8 Å². The van der Waals surface area contributed by atoms with Crippen LogP contribution in [-0.4, -0.2) is 4.98 Å². The molecule has 0 radical (unpaired) electrons. The van der Waals surface area contributed by atoms with Crippen LogP contribution in [0.2, 0.25) is 5.02 Å². The molecule has 2 rings (SSSR count). The van der Waals surface area contributed by atoms with Crippen LogP contribution in [0.4, 0.5) is 0 Å². The minimum absolute atomic E-state index is 0.759. The molecule has 0 aliphatic heterocycles. The highest BCUT2D eigenvalue weighted by atomic mass is 79.9. The van der Waals surface area contributed by atoms with Gasteiger partial charge in [-0.1, -0.05) is 27.5 Å². The quantitative estimate of drug-likeness (QED) is 0.926. The molecule has 0 atom stereocenters. The average molecular weight is 318 g/mol. The van der Waals surface area contributed by atoms with E-state index in [1.165, 1.54) is 0 Å². The fourth-order valence-electron chi connectivity index (χ4n) is 1.32. The van der Waals surface area contributed by atoms with Gasteiger partial charge < -0.3 is 5.32 Å². The lowest BCUT2D eigenvalue weighted by atomic mass is 10.2. The molecule has 0 spiro atoms. The van der Waals surface area contributed by atoms with Crippen molar-refractivity contribution < 1.29 is 0 Å². The minimum Gasteiger partial charge on any atom is -0.306 e. The summed E-state index contributed by atoms with van der Waals surface area (Å²) in [6.07, 6.45) is 1.82. The highest BCUT2D eigenvalue weighted by Crippen LogP contribution is 2.21. The van der Waals surface area contributed by atoms with E-state index >= 15 is 0 Å². The van der Waals surface area contributed by atoms with Crippen molar-refractivity contribution in [1.29, 1.82) is 0 Å². The first kappa shape index (κ1) is 12.0. The highest BCUT2D eigenvalue weighted by Gasteiger charge is 2.01. The van der Waals surface area contributed by atoms with Crippen LogP contribution in [0.5, 0.6) is 0 Å². The number of thiazole rings is 1. The van der Waals surface area contributed by atoms with Crippen molar-refractivity contribution >= 4 is 38.9 Å². The Labute approximate surface area is 112 Å². The van der Waals surface area contributed by atoms with Gasteiger partial charge in [-0.15, -0.1) is 11.3 Å². The number of nitrogens with one attached hydrogen (secondary N) is 1. The largest absolute Gasteiger partial charge is 0.306 e. The lowest BCUT2D eigenvalue weighted by Crippen LogP contribution is -2.12. The number of hydrogen-bond acceptors (Lipinski definition) is 3. The first-order valence-electron chi connectivity index (χ1n) is 4.79. The summed E-state index contributed by atoms with van der Waals surface area (Å²) in [4.78, 5) is 4.21. The first-order chi connectivity index (χ1) is 7.75. The average Bonchev–Trinajstić information content (AvgIpc) is 2.76. The van der Waals surface area contributed by atoms with Gasteiger partial charge in [-0.25, -0.2) is 4.98 Å². The van der Waals surface area contributed by atoms with E-state index in [9.17, 15) is 0 Å². The summed E-state index contributed by atoms with van der Waals surface area (Å²) >= 11 is 11.1. The molecule has 0 amide bonds. The summed E-state index contributed by atoms with van der Waals surface area (Å²) in [5.74, 6) is 0. The second-order valence-electron chi connectivity index (χ2n) is 3.27. The number of benzene rings is 1. The van der Waals surface area contributed by atoms with Gasteiger partial charge in [0, 0.05) is 34.2 Å². The standard InChI is InChI=1S/C11H10BrClN2S/c12-10-2-1-9(13)5-8(10)6-14-7-11-15-3-4-16-11/h1-5,14H,6-7H2. The molecular formula is C11H10BrClN2S. The van der Waals surface area contributed by atoms with E-state index in [-0.39, 0.29) is 0 Å². The van der Waals surface area contributed by atoms with Gasteiger partial charge in [-0.2, -0.15) is 0 Å². The van der Waals surface area contributed by atoms with Gasteiger partial charge in [-0.3, -0.25) is 0 Å². The second kappa shape index (κ2) is 5.77. The maximum Gasteiger partial charge on any atom is 0.106 e. The van der Waals surface area contributed by atoms with E-state index in [2.05, 4.69) is 26.2 Å². The first-order valence-corrected chi connectivity index (χ1v) is 6.84. The third kappa shape index (κ3) is 3.28.